The Balaban J connectivity index is 3.27. The standard InChI is InChI=1S/C12H13BrN2/c1-9(15(2)3)12(8-14)10-5-4-6-11(13)7-10/h4-7H,1-3H3. The lowest BCUT2D eigenvalue weighted by atomic mass is 10.1. The molecule has 15 heavy (non-hydrogen) atoms. The first-order valence-corrected chi connectivity index (χ1v) is 5.39. The highest BCUT2D eigenvalue weighted by atomic mass is 79.9. The van der Waals surface area contributed by atoms with Crippen LogP contribution in [0.25, 0.3) is 5.57 Å². The monoisotopic (exact) mass is 264 g/mol. The Labute approximate surface area is 99.0 Å². The SMILES string of the molecule is CC(=C(C#N)c1cccc(Br)c1)N(C)C. The first kappa shape index (κ1) is 11.8. The van der Waals surface area contributed by atoms with Gasteiger partial charge in [-0.25, -0.2) is 0 Å². The van der Waals surface area contributed by atoms with Gasteiger partial charge in [-0.1, -0.05) is 28.1 Å². The number of hydrogen-bond donors (Lipinski definition) is 0. The van der Waals surface area contributed by atoms with Gasteiger partial charge in [-0.05, 0) is 24.6 Å². The number of nitrogens with zero attached hydrogens (tertiary/aromatic N) is 2. The second-order valence-electron chi connectivity index (χ2n) is 3.48. The van der Waals surface area contributed by atoms with Gasteiger partial charge in [-0.15, -0.1) is 0 Å². The molecule has 0 atom stereocenters. The Morgan fingerprint density at radius 1 is 1.40 bits per heavy atom. The topological polar surface area (TPSA) is 27.0 Å². The van der Waals surface area contributed by atoms with E-state index in [4.69, 9.17) is 5.26 Å². The van der Waals surface area contributed by atoms with E-state index >= 15 is 0 Å². The normalized spacial score (nSPS) is 11.7. The molecule has 0 aliphatic heterocycles. The smallest absolute Gasteiger partial charge is 0.102 e. The number of allylic oxidation sites excluding steroid dienone is 2. The summed E-state index contributed by atoms with van der Waals surface area (Å²) in [6.45, 7) is 1.94. The maximum atomic E-state index is 9.14. The molecule has 0 bridgehead atoms. The molecule has 0 N–H and O–H groups in total. The molecular formula is C12H13BrN2. The van der Waals surface area contributed by atoms with Crippen molar-refractivity contribution in [1.29, 1.82) is 5.26 Å². The van der Waals surface area contributed by atoms with Gasteiger partial charge in [0.2, 0.25) is 0 Å². The number of benzene rings is 1. The fourth-order valence-corrected chi connectivity index (χ4v) is 1.62. The van der Waals surface area contributed by atoms with Crippen molar-refractivity contribution in [2.45, 2.75) is 6.92 Å². The third-order valence-electron chi connectivity index (χ3n) is 2.26. The first-order valence-electron chi connectivity index (χ1n) is 4.60. The van der Waals surface area contributed by atoms with Crippen LogP contribution in [-0.4, -0.2) is 19.0 Å². The maximum Gasteiger partial charge on any atom is 0.102 e. The number of hydrogen-bond acceptors (Lipinski definition) is 2. The van der Waals surface area contributed by atoms with Crippen LogP contribution in [0.4, 0.5) is 0 Å². The molecule has 0 aromatic heterocycles. The minimum atomic E-state index is 0.710. The van der Waals surface area contributed by atoms with Gasteiger partial charge in [0.05, 0.1) is 5.57 Å². The Bertz CT molecular complexity index is 427. The van der Waals surface area contributed by atoms with E-state index in [1.165, 1.54) is 0 Å². The highest BCUT2D eigenvalue weighted by molar-refractivity contribution is 9.10. The van der Waals surface area contributed by atoms with E-state index in [1.807, 2.05) is 50.2 Å². The lowest BCUT2D eigenvalue weighted by Crippen LogP contribution is -2.10. The predicted molar refractivity (Wildman–Crippen MR) is 66.0 cm³/mol. The van der Waals surface area contributed by atoms with Crippen molar-refractivity contribution in [3.8, 4) is 6.07 Å². The van der Waals surface area contributed by atoms with Crippen LogP contribution in [0.2, 0.25) is 0 Å². The first-order chi connectivity index (χ1) is 7.06. The molecule has 1 aromatic rings. The molecule has 0 saturated heterocycles. The van der Waals surface area contributed by atoms with Crippen LogP contribution in [0.15, 0.2) is 34.4 Å². The van der Waals surface area contributed by atoms with E-state index in [0.717, 1.165) is 15.7 Å². The summed E-state index contributed by atoms with van der Waals surface area (Å²) in [5, 5.41) is 9.14. The predicted octanol–water partition coefficient (Wildman–Crippen LogP) is 3.27. The summed E-state index contributed by atoms with van der Waals surface area (Å²) in [6, 6.07) is 10.0. The molecule has 1 aromatic carbocycles. The molecule has 3 heteroatoms. The molecule has 0 heterocycles. The van der Waals surface area contributed by atoms with E-state index in [-0.39, 0.29) is 0 Å². The van der Waals surface area contributed by atoms with Gasteiger partial charge in [0.1, 0.15) is 6.07 Å². The van der Waals surface area contributed by atoms with Crippen LogP contribution in [-0.2, 0) is 0 Å². The Morgan fingerprint density at radius 2 is 2.07 bits per heavy atom. The summed E-state index contributed by atoms with van der Waals surface area (Å²) in [4.78, 5) is 1.94. The largest absolute Gasteiger partial charge is 0.380 e. The van der Waals surface area contributed by atoms with Crippen molar-refractivity contribution in [2.75, 3.05) is 14.1 Å². The minimum absolute atomic E-state index is 0.710. The second-order valence-corrected chi connectivity index (χ2v) is 4.39. The molecule has 1 rings (SSSR count). The van der Waals surface area contributed by atoms with Crippen LogP contribution in [0.1, 0.15) is 12.5 Å². The molecule has 78 valence electrons. The fraction of sp³-hybridized carbons (Fsp3) is 0.250. The lowest BCUT2D eigenvalue weighted by molar-refractivity contribution is 0.517. The van der Waals surface area contributed by atoms with Crippen molar-refractivity contribution in [3.63, 3.8) is 0 Å². The molecule has 0 aliphatic rings. The minimum Gasteiger partial charge on any atom is -0.380 e. The zero-order valence-electron chi connectivity index (χ0n) is 9.08. The zero-order valence-corrected chi connectivity index (χ0v) is 10.7. The Morgan fingerprint density at radius 3 is 2.53 bits per heavy atom. The Kier molecular flexibility index (Phi) is 3.93. The van der Waals surface area contributed by atoms with E-state index in [0.29, 0.717) is 5.57 Å². The third kappa shape index (κ3) is 2.84. The average molecular weight is 265 g/mol. The molecule has 0 aliphatic carbocycles. The highest BCUT2D eigenvalue weighted by Crippen LogP contribution is 2.22. The summed E-state index contributed by atoms with van der Waals surface area (Å²) >= 11 is 3.40. The third-order valence-corrected chi connectivity index (χ3v) is 2.75. The number of halogens is 1. The van der Waals surface area contributed by atoms with Crippen molar-refractivity contribution < 1.29 is 0 Å². The van der Waals surface area contributed by atoms with E-state index in [9.17, 15) is 0 Å². The van der Waals surface area contributed by atoms with Gasteiger partial charge in [0.25, 0.3) is 0 Å². The molecule has 0 unspecified atom stereocenters. The van der Waals surface area contributed by atoms with E-state index in [1.54, 1.807) is 0 Å². The lowest BCUT2D eigenvalue weighted by Gasteiger charge is -2.15. The highest BCUT2D eigenvalue weighted by Gasteiger charge is 2.06. The van der Waals surface area contributed by atoms with Crippen LogP contribution in [0, 0.1) is 11.3 Å². The van der Waals surface area contributed by atoms with Gasteiger partial charge in [-0.3, -0.25) is 0 Å². The summed E-state index contributed by atoms with van der Waals surface area (Å²) < 4.78 is 0.985. The van der Waals surface area contributed by atoms with Gasteiger partial charge in [-0.2, -0.15) is 5.26 Å². The summed E-state index contributed by atoms with van der Waals surface area (Å²) in [5.74, 6) is 0. The zero-order chi connectivity index (χ0) is 11.4. The molecule has 2 nitrogen and oxygen atoms in total. The quantitative estimate of drug-likeness (QED) is 0.767. The Hall–Kier alpha value is -1.27. The second kappa shape index (κ2) is 4.99. The average Bonchev–Trinajstić information content (AvgIpc) is 2.18. The van der Waals surface area contributed by atoms with Crippen LogP contribution >= 0.6 is 15.9 Å². The summed E-state index contributed by atoms with van der Waals surface area (Å²) in [7, 11) is 3.87. The molecule has 0 spiro atoms. The number of rotatable bonds is 2. The van der Waals surface area contributed by atoms with Gasteiger partial charge < -0.3 is 4.90 Å². The summed E-state index contributed by atoms with van der Waals surface area (Å²) in [5.41, 5.74) is 2.62. The molecule has 0 amide bonds. The summed E-state index contributed by atoms with van der Waals surface area (Å²) in [6.07, 6.45) is 0. The maximum absolute atomic E-state index is 9.14. The van der Waals surface area contributed by atoms with Crippen molar-refractivity contribution in [1.82, 2.24) is 4.90 Å². The van der Waals surface area contributed by atoms with Gasteiger partial charge in [0.15, 0.2) is 0 Å². The van der Waals surface area contributed by atoms with Crippen LogP contribution in [0.3, 0.4) is 0 Å². The molecule has 0 radical (unpaired) electrons. The van der Waals surface area contributed by atoms with Crippen molar-refractivity contribution >= 4 is 21.5 Å². The van der Waals surface area contributed by atoms with Crippen LogP contribution < -0.4 is 0 Å². The van der Waals surface area contributed by atoms with Crippen LogP contribution in [0.5, 0.6) is 0 Å². The van der Waals surface area contributed by atoms with Crippen molar-refractivity contribution in [3.05, 3.63) is 40.0 Å². The molecule has 0 saturated carbocycles. The molecular weight excluding hydrogens is 252 g/mol. The molecule has 0 fully saturated rings. The van der Waals surface area contributed by atoms with Gasteiger partial charge in [0, 0.05) is 24.3 Å². The number of nitriles is 1. The van der Waals surface area contributed by atoms with E-state index in [2.05, 4.69) is 22.0 Å². The fourth-order valence-electron chi connectivity index (χ4n) is 1.22. The van der Waals surface area contributed by atoms with Crippen molar-refractivity contribution in [2.24, 2.45) is 0 Å². The van der Waals surface area contributed by atoms with Gasteiger partial charge >= 0.3 is 0 Å². The van der Waals surface area contributed by atoms with E-state index < -0.39 is 0 Å².